The van der Waals surface area contributed by atoms with E-state index in [1.165, 1.54) is 49.7 Å². The highest BCUT2D eigenvalue weighted by Crippen LogP contribution is 2.68. The predicted molar refractivity (Wildman–Crippen MR) is 142 cm³/mol. The van der Waals surface area contributed by atoms with Crippen LogP contribution >= 0.6 is 0 Å². The van der Waals surface area contributed by atoms with Gasteiger partial charge in [0.05, 0.1) is 6.61 Å². The van der Waals surface area contributed by atoms with E-state index in [4.69, 9.17) is 4.74 Å². The van der Waals surface area contributed by atoms with Crippen LogP contribution in [0.25, 0.3) is 0 Å². The van der Waals surface area contributed by atoms with Gasteiger partial charge < -0.3 is 4.74 Å². The van der Waals surface area contributed by atoms with Gasteiger partial charge in [-0.1, -0.05) is 20.3 Å². The van der Waals surface area contributed by atoms with Crippen LogP contribution in [-0.2, 0) is 9.53 Å². The highest BCUT2D eigenvalue weighted by Gasteiger charge is 2.62. The average Bonchev–Trinajstić information content (AvgIpc) is 3.23. The Morgan fingerprint density at radius 1 is 1.16 bits per heavy atom. The standard InChI is InChI=1S/C30H43F2N3O2/c1-19-11-14-30(18-37-4)20(15-19)5-7-22-23-8-9-25(29(23,2)13-12-24(22)30)28(36)17-35(33-3)34-27-10-6-21(31)16-26(27)32/h6,16,19-20,22-25H,3,5,7-15,17-18H2,1-2,4H3/b34-27+/t19?,20?,22?,23?,24?,25-,29?,30?/m1/s1. The number of hydrazone groups is 2. The Bertz CT molecular complexity index is 1010. The first-order chi connectivity index (χ1) is 17.7. The number of fused-ring (bicyclic) bond motifs is 5. The smallest absolute Gasteiger partial charge is 0.159 e. The second-order valence-corrected chi connectivity index (χ2v) is 12.8. The van der Waals surface area contributed by atoms with Gasteiger partial charge >= 0.3 is 0 Å². The number of Topliss-reactive ketones (excluding diaryl/α,β-unsaturated/α-hetero) is 1. The Balaban J connectivity index is 1.31. The molecule has 0 bridgehead atoms. The summed E-state index contributed by atoms with van der Waals surface area (Å²) in [5, 5.41) is 9.25. The molecule has 5 aliphatic rings. The summed E-state index contributed by atoms with van der Waals surface area (Å²) in [4.78, 5) is 13.6. The summed E-state index contributed by atoms with van der Waals surface area (Å²) in [5.41, 5.74) is 0.349. The molecule has 0 radical (unpaired) electrons. The fourth-order valence-electron chi connectivity index (χ4n) is 9.49. The first-order valence-electron chi connectivity index (χ1n) is 14.3. The molecule has 0 heterocycles. The van der Waals surface area contributed by atoms with Crippen LogP contribution in [0.2, 0.25) is 0 Å². The van der Waals surface area contributed by atoms with Crippen LogP contribution in [0, 0.1) is 46.3 Å². The van der Waals surface area contributed by atoms with E-state index in [9.17, 15) is 13.6 Å². The summed E-state index contributed by atoms with van der Waals surface area (Å²) in [6.45, 7) is 9.15. The van der Waals surface area contributed by atoms with Gasteiger partial charge in [0, 0.05) is 32.2 Å². The molecule has 8 atom stereocenters. The van der Waals surface area contributed by atoms with E-state index in [1.54, 1.807) is 0 Å². The van der Waals surface area contributed by atoms with Crippen molar-refractivity contribution in [1.82, 2.24) is 5.12 Å². The van der Waals surface area contributed by atoms with E-state index in [-0.39, 0.29) is 35.8 Å². The number of methoxy groups -OCH3 is 1. The Labute approximate surface area is 220 Å². The number of hydrogen-bond donors (Lipinski definition) is 0. The topological polar surface area (TPSA) is 54.3 Å². The van der Waals surface area contributed by atoms with Crippen molar-refractivity contribution < 1.29 is 18.3 Å². The molecule has 7 heteroatoms. The second-order valence-electron chi connectivity index (χ2n) is 12.8. The molecule has 0 aliphatic heterocycles. The van der Waals surface area contributed by atoms with E-state index in [0.29, 0.717) is 23.2 Å². The van der Waals surface area contributed by atoms with Gasteiger partial charge in [-0.15, -0.1) is 0 Å². The quantitative estimate of drug-likeness (QED) is 0.275. The van der Waals surface area contributed by atoms with Gasteiger partial charge in [0.1, 0.15) is 23.9 Å². The van der Waals surface area contributed by atoms with Crippen LogP contribution in [-0.4, -0.2) is 43.6 Å². The SMILES string of the molecule is C=NN(CC(=O)[C@H]1CCC2C3CCC4CC(C)CCC4(COC)C3CCC21C)/N=C1\CC=C(F)C=C1F. The highest BCUT2D eigenvalue weighted by atomic mass is 19.1. The second kappa shape index (κ2) is 10.3. The van der Waals surface area contributed by atoms with Crippen molar-refractivity contribution in [1.29, 1.82) is 0 Å². The lowest BCUT2D eigenvalue weighted by molar-refractivity contribution is -0.154. The minimum Gasteiger partial charge on any atom is -0.384 e. The van der Waals surface area contributed by atoms with E-state index in [1.807, 2.05) is 7.11 Å². The zero-order valence-electron chi connectivity index (χ0n) is 22.7. The number of halogens is 2. The number of allylic oxidation sites excluding steroid dienone is 4. The summed E-state index contributed by atoms with van der Waals surface area (Å²) in [6.07, 6.45) is 12.8. The number of nitrogens with zero attached hydrogens (tertiary/aromatic N) is 3. The predicted octanol–water partition coefficient (Wildman–Crippen LogP) is 6.86. The zero-order valence-corrected chi connectivity index (χ0v) is 22.7. The fourth-order valence-corrected chi connectivity index (χ4v) is 9.49. The molecule has 4 fully saturated rings. The maximum atomic E-state index is 14.2. The van der Waals surface area contributed by atoms with Gasteiger partial charge in [-0.3, -0.25) is 4.79 Å². The third kappa shape index (κ3) is 4.63. The molecule has 0 spiro atoms. The lowest BCUT2D eigenvalue weighted by Gasteiger charge is -2.62. The van der Waals surface area contributed by atoms with Crippen molar-refractivity contribution >= 4 is 18.2 Å². The summed E-state index contributed by atoms with van der Waals surface area (Å²) in [5.74, 6) is 2.20. The Kier molecular flexibility index (Phi) is 7.47. The lowest BCUT2D eigenvalue weighted by Crippen LogP contribution is -2.56. The van der Waals surface area contributed by atoms with Crippen molar-refractivity contribution in [2.75, 3.05) is 20.3 Å². The van der Waals surface area contributed by atoms with Crippen LogP contribution in [0.4, 0.5) is 8.78 Å². The highest BCUT2D eigenvalue weighted by molar-refractivity contribution is 6.00. The fraction of sp³-hybridized carbons (Fsp3) is 0.767. The van der Waals surface area contributed by atoms with Crippen molar-refractivity contribution in [3.05, 3.63) is 23.8 Å². The van der Waals surface area contributed by atoms with Crippen molar-refractivity contribution in [2.24, 2.45) is 56.5 Å². The summed E-state index contributed by atoms with van der Waals surface area (Å²) < 4.78 is 33.4. The third-order valence-electron chi connectivity index (χ3n) is 11.2. The number of carbonyl (C=O) groups excluding carboxylic acids is 1. The molecule has 5 nitrogen and oxygen atoms in total. The van der Waals surface area contributed by atoms with Gasteiger partial charge in [0.15, 0.2) is 5.78 Å². The van der Waals surface area contributed by atoms with Crippen LogP contribution in [0.15, 0.2) is 34.0 Å². The first kappa shape index (κ1) is 26.7. The molecular formula is C30H43F2N3O2. The molecule has 0 amide bonds. The summed E-state index contributed by atoms with van der Waals surface area (Å²) in [7, 11) is 1.87. The molecule has 0 aromatic heterocycles. The first-order valence-corrected chi connectivity index (χ1v) is 14.3. The van der Waals surface area contributed by atoms with E-state index in [2.05, 4.69) is 30.8 Å². The van der Waals surface area contributed by atoms with Crippen LogP contribution < -0.4 is 0 Å². The molecule has 4 saturated carbocycles. The molecule has 0 aromatic rings. The van der Waals surface area contributed by atoms with Gasteiger partial charge in [-0.05, 0) is 97.9 Å². The maximum Gasteiger partial charge on any atom is 0.159 e. The zero-order chi connectivity index (χ0) is 26.4. The maximum absolute atomic E-state index is 14.2. The van der Waals surface area contributed by atoms with Crippen molar-refractivity contribution in [2.45, 2.75) is 78.1 Å². The summed E-state index contributed by atoms with van der Waals surface area (Å²) in [6, 6.07) is 0. The van der Waals surface area contributed by atoms with Crippen LogP contribution in [0.5, 0.6) is 0 Å². The minimum atomic E-state index is -0.731. The summed E-state index contributed by atoms with van der Waals surface area (Å²) >= 11 is 0. The van der Waals surface area contributed by atoms with E-state index >= 15 is 0 Å². The van der Waals surface area contributed by atoms with E-state index in [0.717, 1.165) is 43.8 Å². The average molecular weight is 516 g/mol. The molecule has 0 saturated heterocycles. The van der Waals surface area contributed by atoms with Crippen molar-refractivity contribution in [3.63, 3.8) is 0 Å². The van der Waals surface area contributed by atoms with Crippen LogP contribution in [0.1, 0.15) is 78.1 Å². The largest absolute Gasteiger partial charge is 0.384 e. The number of ether oxygens (including phenoxy) is 1. The lowest BCUT2D eigenvalue weighted by atomic mass is 9.44. The normalized spacial score (nSPS) is 42.2. The van der Waals surface area contributed by atoms with Crippen LogP contribution in [0.3, 0.4) is 0 Å². The minimum absolute atomic E-state index is 0.0247. The molecule has 0 aromatic carbocycles. The molecule has 5 rings (SSSR count). The number of rotatable bonds is 7. The van der Waals surface area contributed by atoms with Gasteiger partial charge in [-0.25, -0.2) is 8.78 Å². The number of hydrogen-bond acceptors (Lipinski definition) is 5. The number of carbonyl (C=O) groups is 1. The Morgan fingerprint density at radius 2 is 1.97 bits per heavy atom. The van der Waals surface area contributed by atoms with Crippen molar-refractivity contribution in [3.8, 4) is 0 Å². The molecule has 0 N–H and O–H groups in total. The van der Waals surface area contributed by atoms with Gasteiger partial charge in [0.2, 0.25) is 0 Å². The van der Waals surface area contributed by atoms with Gasteiger partial charge in [-0.2, -0.15) is 15.3 Å². The monoisotopic (exact) mass is 515 g/mol. The van der Waals surface area contributed by atoms with E-state index < -0.39 is 11.7 Å². The molecule has 37 heavy (non-hydrogen) atoms. The molecule has 5 aliphatic carbocycles. The molecule has 7 unspecified atom stereocenters. The third-order valence-corrected chi connectivity index (χ3v) is 11.2. The Hall–Kier alpha value is -1.89. The molecule has 204 valence electrons. The number of ketones is 1. The van der Waals surface area contributed by atoms with Gasteiger partial charge in [0.25, 0.3) is 0 Å². The molecular weight excluding hydrogens is 472 g/mol. The Morgan fingerprint density at radius 3 is 2.70 bits per heavy atom.